The second kappa shape index (κ2) is 9.98. The topological polar surface area (TPSA) is 64.1 Å². The molecule has 7 heteroatoms. The first-order chi connectivity index (χ1) is 13.5. The van der Waals surface area contributed by atoms with Crippen molar-refractivity contribution in [2.24, 2.45) is 12.8 Å². The first kappa shape index (κ1) is 21.5. The van der Waals surface area contributed by atoms with Crippen molar-refractivity contribution in [3.8, 4) is 0 Å². The maximum atomic E-state index is 9.47. The molecule has 0 aliphatic rings. The number of halogens is 1. The van der Waals surface area contributed by atoms with Crippen LogP contribution in [0, 0.1) is 6.92 Å². The summed E-state index contributed by atoms with van der Waals surface area (Å²) in [5.41, 5.74) is 9.48. The Kier molecular flexibility index (Phi) is 7.65. The van der Waals surface area contributed by atoms with Crippen molar-refractivity contribution in [2.45, 2.75) is 40.0 Å². The third kappa shape index (κ3) is 5.64. The fraction of sp³-hybridized carbons (Fsp3) is 0.286. The molecule has 3 N–H and O–H groups in total. The van der Waals surface area contributed by atoms with Crippen LogP contribution in [0.4, 0.5) is 0 Å². The molecule has 28 heavy (non-hydrogen) atoms. The number of hydrogen-bond acceptors (Lipinski definition) is 5. The number of hydrogen-bond donors (Lipinski definition) is 2. The lowest BCUT2D eigenvalue weighted by molar-refractivity contribution is 0.264. The number of aliphatic hydroxyl groups is 1. The molecule has 1 aromatic heterocycles. The van der Waals surface area contributed by atoms with E-state index in [1.165, 1.54) is 10.5 Å². The lowest BCUT2D eigenvalue weighted by Crippen LogP contribution is -2.27. The molecule has 0 aliphatic carbocycles. The molecule has 0 bridgehead atoms. The molecule has 3 aromatic rings. The molecule has 0 radical (unpaired) electrons. The third-order valence-corrected chi connectivity index (χ3v) is 7.06. The minimum atomic E-state index is -0.295. The van der Waals surface area contributed by atoms with E-state index in [4.69, 9.17) is 10.8 Å². The van der Waals surface area contributed by atoms with E-state index in [2.05, 4.69) is 59.3 Å². The standard InChI is InChI=1S/C21H24BrN3OS2/c1-14-3-7-17(8-4-14)27-13-20-19(11-16(23)12-26)21(25(2)24-20)28-18-9-5-15(22)6-10-18/h3-10,16,26H,11-13,23H2,1-2H3. The van der Waals surface area contributed by atoms with Crippen LogP contribution in [0.3, 0.4) is 0 Å². The largest absolute Gasteiger partial charge is 0.395 e. The Morgan fingerprint density at radius 2 is 1.75 bits per heavy atom. The molecule has 0 amide bonds. The fourth-order valence-corrected chi connectivity index (χ4v) is 4.90. The van der Waals surface area contributed by atoms with Gasteiger partial charge >= 0.3 is 0 Å². The normalized spacial score (nSPS) is 12.3. The second-order valence-corrected chi connectivity index (χ2v) is 9.69. The van der Waals surface area contributed by atoms with Gasteiger partial charge in [-0.2, -0.15) is 5.10 Å². The molecular formula is C21H24BrN3OS2. The Morgan fingerprint density at radius 1 is 1.11 bits per heavy atom. The summed E-state index contributed by atoms with van der Waals surface area (Å²) in [5.74, 6) is 0.769. The number of thioether (sulfide) groups is 1. The molecule has 0 saturated carbocycles. The SMILES string of the molecule is Cc1ccc(SCc2nn(C)c(Sc3ccc(Br)cc3)c2CC(N)CO)cc1. The van der Waals surface area contributed by atoms with Gasteiger partial charge in [0.2, 0.25) is 0 Å². The minimum absolute atomic E-state index is 0.0399. The van der Waals surface area contributed by atoms with Gasteiger partial charge < -0.3 is 10.8 Å². The van der Waals surface area contributed by atoms with Gasteiger partial charge in [0, 0.05) is 38.7 Å². The van der Waals surface area contributed by atoms with Gasteiger partial charge in [-0.05, 0) is 49.7 Å². The number of benzene rings is 2. The van der Waals surface area contributed by atoms with E-state index in [0.29, 0.717) is 6.42 Å². The Bertz CT molecular complexity index is 911. The number of aromatic nitrogens is 2. The van der Waals surface area contributed by atoms with Gasteiger partial charge in [0.15, 0.2) is 0 Å². The zero-order valence-electron chi connectivity index (χ0n) is 15.9. The number of nitrogens with zero attached hydrogens (tertiary/aromatic N) is 2. The van der Waals surface area contributed by atoms with Crippen molar-refractivity contribution in [3.05, 3.63) is 69.8 Å². The summed E-state index contributed by atoms with van der Waals surface area (Å²) < 4.78 is 2.98. The predicted molar refractivity (Wildman–Crippen MR) is 121 cm³/mol. The fourth-order valence-electron chi connectivity index (χ4n) is 2.78. The molecule has 1 heterocycles. The smallest absolute Gasteiger partial charge is 0.102 e. The maximum Gasteiger partial charge on any atom is 0.102 e. The first-order valence-corrected chi connectivity index (χ1v) is 11.6. The van der Waals surface area contributed by atoms with E-state index >= 15 is 0 Å². The highest BCUT2D eigenvalue weighted by atomic mass is 79.9. The van der Waals surface area contributed by atoms with Gasteiger partial charge in [-0.25, -0.2) is 0 Å². The van der Waals surface area contributed by atoms with Crippen LogP contribution in [-0.2, 0) is 19.2 Å². The highest BCUT2D eigenvalue weighted by Crippen LogP contribution is 2.35. The van der Waals surface area contributed by atoms with E-state index in [0.717, 1.165) is 31.4 Å². The monoisotopic (exact) mass is 477 g/mol. The van der Waals surface area contributed by atoms with Crippen LogP contribution in [-0.4, -0.2) is 27.5 Å². The Morgan fingerprint density at radius 3 is 2.39 bits per heavy atom. The molecular weight excluding hydrogens is 454 g/mol. The summed E-state index contributed by atoms with van der Waals surface area (Å²) in [5, 5.41) is 15.3. The maximum absolute atomic E-state index is 9.47. The molecule has 4 nitrogen and oxygen atoms in total. The van der Waals surface area contributed by atoms with Crippen molar-refractivity contribution in [3.63, 3.8) is 0 Å². The van der Waals surface area contributed by atoms with Crippen molar-refractivity contribution < 1.29 is 5.11 Å². The van der Waals surface area contributed by atoms with Crippen LogP contribution < -0.4 is 5.73 Å². The number of nitrogens with two attached hydrogens (primary N) is 1. The highest BCUT2D eigenvalue weighted by Gasteiger charge is 2.19. The number of rotatable bonds is 8. The van der Waals surface area contributed by atoms with E-state index < -0.39 is 0 Å². The second-order valence-electron chi connectivity index (χ2n) is 6.66. The molecule has 3 rings (SSSR count). The van der Waals surface area contributed by atoms with E-state index in [1.54, 1.807) is 23.5 Å². The summed E-state index contributed by atoms with van der Waals surface area (Å²) in [6.07, 6.45) is 0.604. The van der Waals surface area contributed by atoms with Crippen LogP contribution in [0.5, 0.6) is 0 Å². The highest BCUT2D eigenvalue weighted by molar-refractivity contribution is 9.10. The van der Waals surface area contributed by atoms with Gasteiger partial charge in [-0.1, -0.05) is 45.4 Å². The van der Waals surface area contributed by atoms with Gasteiger partial charge in [0.1, 0.15) is 5.03 Å². The van der Waals surface area contributed by atoms with E-state index in [1.807, 2.05) is 23.9 Å². The number of aliphatic hydroxyl groups excluding tert-OH is 1. The van der Waals surface area contributed by atoms with Crippen molar-refractivity contribution in [1.82, 2.24) is 9.78 Å². The minimum Gasteiger partial charge on any atom is -0.395 e. The van der Waals surface area contributed by atoms with Crippen LogP contribution >= 0.6 is 39.5 Å². The van der Waals surface area contributed by atoms with Gasteiger partial charge in [0.25, 0.3) is 0 Å². The van der Waals surface area contributed by atoms with Gasteiger partial charge in [-0.3, -0.25) is 4.68 Å². The van der Waals surface area contributed by atoms with Gasteiger partial charge in [-0.15, -0.1) is 11.8 Å². The summed E-state index contributed by atoms with van der Waals surface area (Å²) in [7, 11) is 1.97. The molecule has 1 atom stereocenters. The Balaban J connectivity index is 1.85. The van der Waals surface area contributed by atoms with E-state index in [9.17, 15) is 5.11 Å². The summed E-state index contributed by atoms with van der Waals surface area (Å²) >= 11 is 6.93. The van der Waals surface area contributed by atoms with Crippen LogP contribution in [0.1, 0.15) is 16.8 Å². The van der Waals surface area contributed by atoms with Crippen LogP contribution in [0.15, 0.2) is 67.8 Å². The zero-order valence-corrected chi connectivity index (χ0v) is 19.1. The predicted octanol–water partition coefficient (Wildman–Crippen LogP) is 4.80. The molecule has 0 aliphatic heterocycles. The summed E-state index contributed by atoms with van der Waals surface area (Å²) in [6, 6.07) is 16.5. The lowest BCUT2D eigenvalue weighted by atomic mass is 10.1. The molecule has 148 valence electrons. The van der Waals surface area contributed by atoms with Crippen molar-refractivity contribution >= 4 is 39.5 Å². The van der Waals surface area contributed by atoms with Crippen LogP contribution in [0.2, 0.25) is 0 Å². The summed E-state index contributed by atoms with van der Waals surface area (Å²) in [4.78, 5) is 2.36. The average Bonchev–Trinajstić information content (AvgIpc) is 2.97. The molecule has 0 fully saturated rings. The zero-order chi connectivity index (χ0) is 20.1. The van der Waals surface area contributed by atoms with Gasteiger partial charge in [0.05, 0.1) is 12.3 Å². The quantitative estimate of drug-likeness (QED) is 0.456. The third-order valence-electron chi connectivity index (χ3n) is 4.30. The van der Waals surface area contributed by atoms with Crippen molar-refractivity contribution in [2.75, 3.05) is 6.61 Å². The summed E-state index contributed by atoms with van der Waals surface area (Å²) in [6.45, 7) is 2.05. The molecule has 1 unspecified atom stereocenters. The number of aryl methyl sites for hydroxylation is 2. The molecule has 0 saturated heterocycles. The Labute approximate surface area is 183 Å². The first-order valence-electron chi connectivity index (χ1n) is 9.00. The average molecular weight is 478 g/mol. The lowest BCUT2D eigenvalue weighted by Gasteiger charge is -2.11. The van der Waals surface area contributed by atoms with Crippen LogP contribution in [0.25, 0.3) is 0 Å². The Hall–Kier alpha value is -1.25. The van der Waals surface area contributed by atoms with Crippen molar-refractivity contribution in [1.29, 1.82) is 0 Å². The van der Waals surface area contributed by atoms with E-state index in [-0.39, 0.29) is 12.6 Å². The molecule has 0 spiro atoms. The molecule has 2 aromatic carbocycles.